The van der Waals surface area contributed by atoms with Gasteiger partial charge < -0.3 is 9.05 Å². The van der Waals surface area contributed by atoms with E-state index >= 15 is 0 Å². The van der Waals surface area contributed by atoms with E-state index in [1.165, 1.54) is 32.1 Å². The molecule has 0 unspecified atom stereocenters. The van der Waals surface area contributed by atoms with Crippen LogP contribution < -0.4 is 0 Å². The van der Waals surface area contributed by atoms with Gasteiger partial charge in [-0.1, -0.05) is 29.6 Å². The van der Waals surface area contributed by atoms with E-state index in [0.717, 1.165) is 37.2 Å². The lowest BCUT2D eigenvalue weighted by Crippen LogP contribution is -2.44. The molecule has 1 aliphatic heterocycles. The predicted molar refractivity (Wildman–Crippen MR) is 77.2 cm³/mol. The fourth-order valence-corrected chi connectivity index (χ4v) is 3.38. The molecule has 2 fully saturated rings. The van der Waals surface area contributed by atoms with E-state index in [4.69, 9.17) is 9.05 Å². The van der Waals surface area contributed by atoms with Gasteiger partial charge in [0.25, 0.3) is 0 Å². The maximum absolute atomic E-state index is 5.46. The van der Waals surface area contributed by atoms with Gasteiger partial charge in [-0.2, -0.15) is 9.97 Å². The molecular weight excluding hydrogens is 282 g/mol. The summed E-state index contributed by atoms with van der Waals surface area (Å²) in [5.41, 5.74) is 0. The summed E-state index contributed by atoms with van der Waals surface area (Å²) < 4.78 is 10.7. The summed E-state index contributed by atoms with van der Waals surface area (Å²) in [6.07, 6.45) is 6.26. The summed E-state index contributed by atoms with van der Waals surface area (Å²) in [5, 5.41) is 7.98. The number of hydrogen-bond acceptors (Lipinski definition) is 7. The van der Waals surface area contributed by atoms with Crippen LogP contribution in [-0.4, -0.2) is 38.3 Å². The second-order valence-corrected chi connectivity index (χ2v) is 6.45. The number of aromatic nitrogens is 4. The van der Waals surface area contributed by atoms with Crippen LogP contribution in [0.4, 0.5) is 0 Å². The van der Waals surface area contributed by atoms with Crippen molar-refractivity contribution < 1.29 is 9.05 Å². The van der Waals surface area contributed by atoms with Crippen LogP contribution in [0.2, 0.25) is 0 Å². The highest BCUT2D eigenvalue weighted by Gasteiger charge is 2.33. The zero-order valence-corrected chi connectivity index (χ0v) is 12.9. The average molecular weight is 303 g/mol. The van der Waals surface area contributed by atoms with Crippen molar-refractivity contribution in [3.05, 3.63) is 23.4 Å². The Balaban J connectivity index is 1.30. The van der Waals surface area contributed by atoms with Gasteiger partial charge >= 0.3 is 0 Å². The van der Waals surface area contributed by atoms with Crippen LogP contribution >= 0.6 is 0 Å². The number of aryl methyl sites for hydroxylation is 1. The van der Waals surface area contributed by atoms with Gasteiger partial charge in [-0.25, -0.2) is 0 Å². The summed E-state index contributed by atoms with van der Waals surface area (Å²) >= 11 is 0. The molecule has 7 heteroatoms. The van der Waals surface area contributed by atoms with Gasteiger partial charge in [0.2, 0.25) is 11.8 Å². The van der Waals surface area contributed by atoms with Crippen LogP contribution in [0.15, 0.2) is 9.05 Å². The largest absolute Gasteiger partial charge is 0.339 e. The monoisotopic (exact) mass is 303 g/mol. The lowest BCUT2D eigenvalue weighted by Gasteiger charge is -2.35. The third-order valence-corrected chi connectivity index (χ3v) is 4.65. The molecule has 118 valence electrons. The summed E-state index contributed by atoms with van der Waals surface area (Å²) in [5.74, 6) is 3.87. The van der Waals surface area contributed by atoms with E-state index in [2.05, 4.69) is 25.2 Å². The van der Waals surface area contributed by atoms with Crippen LogP contribution in [0.3, 0.4) is 0 Å². The summed E-state index contributed by atoms with van der Waals surface area (Å²) in [7, 11) is 0. The lowest BCUT2D eigenvalue weighted by molar-refractivity contribution is 0.113. The third kappa shape index (κ3) is 2.77. The minimum absolute atomic E-state index is 0.339. The Hall–Kier alpha value is -1.76. The van der Waals surface area contributed by atoms with Gasteiger partial charge in [0.05, 0.1) is 12.5 Å². The molecule has 0 aromatic carbocycles. The smallest absolute Gasteiger partial charge is 0.232 e. The molecule has 0 atom stereocenters. The molecule has 0 spiro atoms. The van der Waals surface area contributed by atoms with Crippen molar-refractivity contribution in [3.8, 4) is 0 Å². The Morgan fingerprint density at radius 2 is 1.68 bits per heavy atom. The van der Waals surface area contributed by atoms with Gasteiger partial charge in [-0.15, -0.1) is 0 Å². The first-order valence-corrected chi connectivity index (χ1v) is 8.13. The number of hydrogen-bond donors (Lipinski definition) is 0. The molecule has 0 bridgehead atoms. The molecule has 2 aromatic heterocycles. The lowest BCUT2D eigenvalue weighted by atomic mass is 9.89. The fraction of sp³-hybridized carbons (Fsp3) is 0.733. The molecule has 2 aromatic rings. The van der Waals surface area contributed by atoms with Gasteiger partial charge in [-0.3, -0.25) is 4.90 Å². The zero-order chi connectivity index (χ0) is 14.9. The van der Waals surface area contributed by atoms with Gasteiger partial charge in [-0.05, 0) is 19.8 Å². The van der Waals surface area contributed by atoms with E-state index < -0.39 is 0 Å². The molecule has 1 saturated carbocycles. The van der Waals surface area contributed by atoms with Gasteiger partial charge in [0.1, 0.15) is 0 Å². The van der Waals surface area contributed by atoms with Crippen molar-refractivity contribution in [1.29, 1.82) is 0 Å². The van der Waals surface area contributed by atoms with Crippen LogP contribution in [0.1, 0.15) is 67.4 Å². The maximum atomic E-state index is 5.46. The number of rotatable bonds is 4. The quantitative estimate of drug-likeness (QED) is 0.857. The molecule has 3 heterocycles. The van der Waals surface area contributed by atoms with Crippen molar-refractivity contribution in [1.82, 2.24) is 25.2 Å². The van der Waals surface area contributed by atoms with Crippen molar-refractivity contribution in [3.63, 3.8) is 0 Å². The molecule has 0 radical (unpaired) electrons. The molecule has 2 aliphatic rings. The molecule has 7 nitrogen and oxygen atoms in total. The number of likely N-dealkylation sites (tertiary alicyclic amines) is 1. The van der Waals surface area contributed by atoms with E-state index in [0.29, 0.717) is 17.7 Å². The van der Waals surface area contributed by atoms with Crippen molar-refractivity contribution in [2.24, 2.45) is 0 Å². The van der Waals surface area contributed by atoms with Crippen molar-refractivity contribution in [2.75, 3.05) is 13.1 Å². The molecule has 22 heavy (non-hydrogen) atoms. The normalized spacial score (nSPS) is 21.1. The number of nitrogens with zero attached hydrogens (tertiary/aromatic N) is 5. The highest BCUT2D eigenvalue weighted by atomic mass is 16.5. The fourth-order valence-electron chi connectivity index (χ4n) is 3.38. The maximum Gasteiger partial charge on any atom is 0.232 e. The van der Waals surface area contributed by atoms with E-state index in [1.807, 2.05) is 6.92 Å². The molecule has 0 N–H and O–H groups in total. The predicted octanol–water partition coefficient (Wildman–Crippen LogP) is 2.41. The molecular formula is C15H21N5O2. The SMILES string of the molecule is Cc1noc(C2CN(Cc3noc(C4CCCCC4)n3)C2)n1. The van der Waals surface area contributed by atoms with E-state index in [-0.39, 0.29) is 0 Å². The first kappa shape index (κ1) is 13.9. The Kier molecular flexibility index (Phi) is 3.65. The molecule has 1 saturated heterocycles. The van der Waals surface area contributed by atoms with Crippen LogP contribution in [0, 0.1) is 6.92 Å². The second kappa shape index (κ2) is 5.79. The standard InChI is InChI=1S/C15H21N5O2/c1-10-16-15(21-18-10)12-7-20(8-12)9-13-17-14(22-19-13)11-5-3-2-4-6-11/h11-12H,2-9H2,1H3. The summed E-state index contributed by atoms with van der Waals surface area (Å²) in [6, 6.07) is 0. The van der Waals surface area contributed by atoms with Crippen molar-refractivity contribution in [2.45, 2.75) is 57.4 Å². The third-order valence-electron chi connectivity index (χ3n) is 4.65. The minimum Gasteiger partial charge on any atom is -0.339 e. The van der Waals surface area contributed by atoms with Gasteiger partial charge in [0.15, 0.2) is 11.6 Å². The second-order valence-electron chi connectivity index (χ2n) is 6.45. The van der Waals surface area contributed by atoms with Crippen LogP contribution in [-0.2, 0) is 6.54 Å². The Morgan fingerprint density at radius 1 is 0.955 bits per heavy atom. The highest BCUT2D eigenvalue weighted by molar-refractivity contribution is 5.03. The minimum atomic E-state index is 0.339. The Labute approximate surface area is 129 Å². The van der Waals surface area contributed by atoms with Crippen LogP contribution in [0.5, 0.6) is 0 Å². The van der Waals surface area contributed by atoms with Crippen LogP contribution in [0.25, 0.3) is 0 Å². The highest BCUT2D eigenvalue weighted by Crippen LogP contribution is 2.32. The van der Waals surface area contributed by atoms with E-state index in [1.54, 1.807) is 0 Å². The van der Waals surface area contributed by atoms with E-state index in [9.17, 15) is 0 Å². The molecule has 4 rings (SSSR count). The first-order valence-electron chi connectivity index (χ1n) is 8.13. The van der Waals surface area contributed by atoms with Gasteiger partial charge in [0, 0.05) is 19.0 Å². The summed E-state index contributed by atoms with van der Waals surface area (Å²) in [4.78, 5) is 11.1. The topological polar surface area (TPSA) is 81.1 Å². The Bertz CT molecular complexity index is 625. The zero-order valence-electron chi connectivity index (χ0n) is 12.9. The molecule has 0 amide bonds. The molecule has 1 aliphatic carbocycles. The first-order chi connectivity index (χ1) is 10.8. The average Bonchev–Trinajstić information content (AvgIpc) is 3.12. The Morgan fingerprint density at radius 3 is 2.41 bits per heavy atom. The van der Waals surface area contributed by atoms with Crippen molar-refractivity contribution >= 4 is 0 Å². The summed E-state index contributed by atoms with van der Waals surface area (Å²) in [6.45, 7) is 4.40.